The van der Waals surface area contributed by atoms with Crippen molar-refractivity contribution in [3.63, 3.8) is 0 Å². The minimum Gasteiger partial charge on any atom is -0.412 e. The van der Waals surface area contributed by atoms with E-state index in [1.807, 2.05) is 0 Å². The summed E-state index contributed by atoms with van der Waals surface area (Å²) in [5.74, 6) is 0. The monoisotopic (exact) mass is 292 g/mol. The van der Waals surface area contributed by atoms with Gasteiger partial charge in [0.05, 0.1) is 0 Å². The van der Waals surface area contributed by atoms with E-state index in [0.29, 0.717) is 0 Å². The van der Waals surface area contributed by atoms with Crippen LogP contribution in [0.25, 0.3) is 0 Å². The molecule has 0 radical (unpaired) electrons. The first kappa shape index (κ1) is 29.2. The second kappa shape index (κ2) is 10.8. The Morgan fingerprint density at radius 1 is 0.462 bits per heavy atom. The molecule has 0 aromatic rings. The summed E-state index contributed by atoms with van der Waals surface area (Å²) in [7, 11) is -9.89. The van der Waals surface area contributed by atoms with Gasteiger partial charge in [-0.05, 0) is 0 Å². The van der Waals surface area contributed by atoms with Gasteiger partial charge >= 0.3 is 16.5 Å². The molecule has 0 bridgehead atoms. The van der Waals surface area contributed by atoms with E-state index in [2.05, 4.69) is 0 Å². The predicted molar refractivity (Wildman–Crippen MR) is 7.23 cm³/mol. The maximum Gasteiger partial charge on any atom is 2.00 e. The molecule has 0 saturated heterocycles. The minimum absolute atomic E-state index is 0. The molecule has 0 fully saturated rings. The fraction of sp³-hybridized carbons (Fsp3) is 0. The average Bonchev–Trinajstić information content (AvgIpc) is 1.12. The van der Waals surface area contributed by atoms with Crippen LogP contribution in [0.3, 0.4) is 0 Å². The van der Waals surface area contributed by atoms with Gasteiger partial charge in [-0.3, -0.25) is 0 Å². The first-order valence-electron chi connectivity index (χ1n) is 1.23. The molecular formula is H4Cl2NiO10. The zero-order chi connectivity index (χ0) is 9.00. The summed E-state index contributed by atoms with van der Waals surface area (Å²) in [5.41, 5.74) is 0. The summed E-state index contributed by atoms with van der Waals surface area (Å²) in [6.07, 6.45) is 0. The van der Waals surface area contributed by atoms with Gasteiger partial charge in [-0.25, -0.2) is 37.3 Å². The third kappa shape index (κ3) is 3180. The van der Waals surface area contributed by atoms with Crippen molar-refractivity contribution in [2.45, 2.75) is 0 Å². The van der Waals surface area contributed by atoms with Crippen LogP contribution >= 0.6 is 0 Å². The molecule has 10 nitrogen and oxygen atoms in total. The molecule has 0 amide bonds. The predicted octanol–water partition coefficient (Wildman–Crippen LogP) is -11.2. The zero-order valence-electron chi connectivity index (χ0n) is 5.34. The summed E-state index contributed by atoms with van der Waals surface area (Å²) >= 11 is 0. The normalized spacial score (nSPS) is 9.23. The number of halogens is 2. The molecule has 0 spiro atoms. The molecule has 0 rings (SSSR count). The smallest absolute Gasteiger partial charge is 0.412 e. The number of hydrogen-bond donors (Lipinski definition) is 0. The van der Waals surface area contributed by atoms with E-state index in [1.165, 1.54) is 0 Å². The maximum atomic E-state index is 8.49. The van der Waals surface area contributed by atoms with Crippen molar-refractivity contribution >= 4 is 0 Å². The van der Waals surface area contributed by atoms with Crippen LogP contribution in [0, 0.1) is 20.5 Å². The fourth-order valence-corrected chi connectivity index (χ4v) is 0. The van der Waals surface area contributed by atoms with E-state index in [0.717, 1.165) is 0 Å². The Morgan fingerprint density at radius 2 is 0.462 bits per heavy atom. The summed E-state index contributed by atoms with van der Waals surface area (Å²) in [5, 5.41) is 0. The van der Waals surface area contributed by atoms with Gasteiger partial charge in [0.2, 0.25) is 0 Å². The molecule has 0 aliphatic rings. The maximum absolute atomic E-state index is 8.49. The Kier molecular flexibility index (Phi) is 24.1. The summed E-state index contributed by atoms with van der Waals surface area (Å²) in [6, 6.07) is 0. The molecule has 0 atom stereocenters. The number of hydrogen-bond acceptors (Lipinski definition) is 8. The van der Waals surface area contributed by atoms with Crippen LogP contribution in [-0.2, 0) is 16.5 Å². The summed E-state index contributed by atoms with van der Waals surface area (Å²) in [4.78, 5) is 0. The Morgan fingerprint density at radius 3 is 0.462 bits per heavy atom. The van der Waals surface area contributed by atoms with Crippen molar-refractivity contribution in [1.82, 2.24) is 0 Å². The van der Waals surface area contributed by atoms with Gasteiger partial charge in [-0.2, -0.15) is 0 Å². The zero-order valence-corrected chi connectivity index (χ0v) is 7.84. The van der Waals surface area contributed by atoms with Gasteiger partial charge in [0.1, 0.15) is 0 Å². The van der Waals surface area contributed by atoms with Gasteiger partial charge in [0.15, 0.2) is 0 Å². The molecule has 4 N–H and O–H groups in total. The van der Waals surface area contributed by atoms with Crippen LogP contribution in [0.4, 0.5) is 0 Å². The molecular weight excluding hydrogens is 290 g/mol. The molecule has 0 saturated carbocycles. The quantitative estimate of drug-likeness (QED) is 0.386. The average molecular weight is 294 g/mol. The Bertz CT molecular complexity index is 55.9. The van der Waals surface area contributed by atoms with Crippen LogP contribution in [-0.4, -0.2) is 11.0 Å². The van der Waals surface area contributed by atoms with E-state index < -0.39 is 20.5 Å². The van der Waals surface area contributed by atoms with Gasteiger partial charge in [-0.15, -0.1) is 20.5 Å². The molecule has 0 aromatic heterocycles. The van der Waals surface area contributed by atoms with Crippen molar-refractivity contribution < 1.29 is 85.2 Å². The molecule has 0 aromatic carbocycles. The van der Waals surface area contributed by atoms with E-state index in [1.54, 1.807) is 0 Å². The fourth-order valence-electron chi connectivity index (χ4n) is 0. The number of rotatable bonds is 0. The van der Waals surface area contributed by atoms with E-state index >= 15 is 0 Å². The van der Waals surface area contributed by atoms with Crippen molar-refractivity contribution in [3.05, 3.63) is 0 Å². The third-order valence-electron chi connectivity index (χ3n) is 0. The molecule has 0 heterocycles. The molecule has 13 heavy (non-hydrogen) atoms. The van der Waals surface area contributed by atoms with Crippen molar-refractivity contribution in [1.29, 1.82) is 0 Å². The first-order chi connectivity index (χ1) is 4.00. The standard InChI is InChI=1S/2ClHO4.Ni.2H2O/c2*2-1(3,4)5;;;/h2*(H,2,3,4,5);;2*1H2/q;;+2;;/p-2. The Labute approximate surface area is 85.7 Å². The Balaban J connectivity index is -0.0000000267. The van der Waals surface area contributed by atoms with Gasteiger partial charge in [0, 0.05) is 0 Å². The van der Waals surface area contributed by atoms with Crippen molar-refractivity contribution in [2.24, 2.45) is 0 Å². The summed E-state index contributed by atoms with van der Waals surface area (Å²) < 4.78 is 67.9. The first-order valence-corrected chi connectivity index (χ1v) is 3.70. The molecule has 13 heteroatoms. The third-order valence-corrected chi connectivity index (χ3v) is 0. The van der Waals surface area contributed by atoms with Gasteiger partial charge in [0.25, 0.3) is 0 Å². The van der Waals surface area contributed by atoms with Crippen LogP contribution in [0.1, 0.15) is 0 Å². The second-order valence-electron chi connectivity index (χ2n) is 0.756. The minimum atomic E-state index is -4.94. The molecule has 0 aliphatic heterocycles. The van der Waals surface area contributed by atoms with Crippen molar-refractivity contribution in [2.75, 3.05) is 0 Å². The summed E-state index contributed by atoms with van der Waals surface area (Å²) in [6.45, 7) is 0. The van der Waals surface area contributed by atoms with Gasteiger partial charge < -0.3 is 11.0 Å². The Hall–Kier alpha value is 0.674. The van der Waals surface area contributed by atoms with E-state index in [-0.39, 0.29) is 27.4 Å². The molecule has 0 unspecified atom stereocenters. The van der Waals surface area contributed by atoms with Gasteiger partial charge in [-0.1, -0.05) is 0 Å². The van der Waals surface area contributed by atoms with Crippen LogP contribution < -0.4 is 37.3 Å². The topological polar surface area (TPSA) is 247 Å². The second-order valence-corrected chi connectivity index (χ2v) is 2.27. The molecule has 88 valence electrons. The van der Waals surface area contributed by atoms with Crippen molar-refractivity contribution in [3.8, 4) is 0 Å². The van der Waals surface area contributed by atoms with Crippen LogP contribution in [0.5, 0.6) is 0 Å². The largest absolute Gasteiger partial charge is 2.00 e. The van der Waals surface area contributed by atoms with Crippen LogP contribution in [0.15, 0.2) is 0 Å². The SMILES string of the molecule is O.O.[Ni+2].[O-][Cl+3]([O-])([O-])[O-].[O-][Cl+3]([O-])([O-])[O-]. The van der Waals surface area contributed by atoms with E-state index in [4.69, 9.17) is 37.3 Å². The molecule has 0 aliphatic carbocycles. The van der Waals surface area contributed by atoms with Crippen LogP contribution in [0.2, 0.25) is 0 Å². The van der Waals surface area contributed by atoms with E-state index in [9.17, 15) is 0 Å².